The van der Waals surface area contributed by atoms with Gasteiger partial charge in [-0.3, -0.25) is 5.32 Å². The maximum Gasteiger partial charge on any atom is 0.413 e. The first-order chi connectivity index (χ1) is 8.23. The summed E-state index contributed by atoms with van der Waals surface area (Å²) in [6.07, 6.45) is -0.503. The standard InChI is InChI=1S/C13H21N3O2/c1-8-7-9(2)15-11(10(8)14-6)16-12(17)18-13(3,4)5/h7,14H,1-6H3,(H,15,16,17). The van der Waals surface area contributed by atoms with Crippen molar-refractivity contribution >= 4 is 17.6 Å². The number of nitrogens with one attached hydrogen (secondary N) is 2. The number of anilines is 2. The van der Waals surface area contributed by atoms with Crippen molar-refractivity contribution in [1.82, 2.24) is 4.98 Å². The Morgan fingerprint density at radius 2 is 1.94 bits per heavy atom. The summed E-state index contributed by atoms with van der Waals surface area (Å²) < 4.78 is 5.20. The van der Waals surface area contributed by atoms with Crippen molar-refractivity contribution in [1.29, 1.82) is 0 Å². The molecule has 0 aliphatic carbocycles. The van der Waals surface area contributed by atoms with Gasteiger partial charge in [0.05, 0.1) is 5.69 Å². The zero-order valence-electron chi connectivity index (χ0n) is 11.8. The average molecular weight is 251 g/mol. The number of amides is 1. The summed E-state index contributed by atoms with van der Waals surface area (Å²) in [6, 6.07) is 1.95. The van der Waals surface area contributed by atoms with Gasteiger partial charge < -0.3 is 10.1 Å². The summed E-state index contributed by atoms with van der Waals surface area (Å²) in [4.78, 5) is 16.0. The van der Waals surface area contributed by atoms with Crippen LogP contribution in [0.2, 0.25) is 0 Å². The number of aryl methyl sites for hydroxylation is 2. The smallest absolute Gasteiger partial charge is 0.413 e. The fourth-order valence-electron chi connectivity index (χ4n) is 1.64. The lowest BCUT2D eigenvalue weighted by Gasteiger charge is -2.20. The second-order valence-corrected chi connectivity index (χ2v) is 5.18. The van der Waals surface area contributed by atoms with Crippen LogP contribution in [0.15, 0.2) is 6.07 Å². The van der Waals surface area contributed by atoms with Crippen molar-refractivity contribution in [3.05, 3.63) is 17.3 Å². The molecular weight excluding hydrogens is 230 g/mol. The molecule has 0 bridgehead atoms. The number of nitrogens with zero attached hydrogens (tertiary/aromatic N) is 1. The third-order valence-electron chi connectivity index (χ3n) is 2.21. The minimum absolute atomic E-state index is 0.490. The van der Waals surface area contributed by atoms with Crippen LogP contribution in [0.5, 0.6) is 0 Å². The molecule has 1 aromatic rings. The van der Waals surface area contributed by atoms with Gasteiger partial charge in [-0.15, -0.1) is 0 Å². The summed E-state index contributed by atoms with van der Waals surface area (Å²) in [7, 11) is 1.79. The number of rotatable bonds is 2. The van der Waals surface area contributed by atoms with Gasteiger partial charge >= 0.3 is 6.09 Å². The third kappa shape index (κ3) is 3.91. The van der Waals surface area contributed by atoms with Gasteiger partial charge in [-0.05, 0) is 46.2 Å². The van der Waals surface area contributed by atoms with Gasteiger partial charge in [0, 0.05) is 12.7 Å². The highest BCUT2D eigenvalue weighted by atomic mass is 16.6. The summed E-state index contributed by atoms with van der Waals surface area (Å²) in [5.41, 5.74) is 2.14. The van der Waals surface area contributed by atoms with E-state index in [1.165, 1.54) is 0 Å². The molecule has 0 spiro atoms. The Morgan fingerprint density at radius 1 is 1.33 bits per heavy atom. The van der Waals surface area contributed by atoms with E-state index in [9.17, 15) is 4.79 Å². The minimum atomic E-state index is -0.525. The maximum atomic E-state index is 11.7. The van der Waals surface area contributed by atoms with E-state index in [2.05, 4.69) is 15.6 Å². The number of pyridine rings is 1. The molecule has 0 saturated heterocycles. The summed E-state index contributed by atoms with van der Waals surface area (Å²) in [5.74, 6) is 0.490. The molecule has 0 aliphatic rings. The molecule has 0 aromatic carbocycles. The molecule has 5 nitrogen and oxygen atoms in total. The zero-order valence-corrected chi connectivity index (χ0v) is 11.8. The van der Waals surface area contributed by atoms with E-state index in [1.54, 1.807) is 7.05 Å². The lowest BCUT2D eigenvalue weighted by molar-refractivity contribution is 0.0635. The van der Waals surface area contributed by atoms with Crippen LogP contribution in [0.3, 0.4) is 0 Å². The van der Waals surface area contributed by atoms with Crippen LogP contribution < -0.4 is 10.6 Å². The summed E-state index contributed by atoms with van der Waals surface area (Å²) >= 11 is 0. The van der Waals surface area contributed by atoms with E-state index in [0.717, 1.165) is 16.9 Å². The number of hydrogen-bond acceptors (Lipinski definition) is 4. The lowest BCUT2D eigenvalue weighted by Crippen LogP contribution is -2.27. The Kier molecular flexibility index (Phi) is 4.16. The van der Waals surface area contributed by atoms with Crippen molar-refractivity contribution in [2.24, 2.45) is 0 Å². The Bertz CT molecular complexity index is 450. The Balaban J connectivity index is 2.93. The van der Waals surface area contributed by atoms with Crippen LogP contribution in [0.25, 0.3) is 0 Å². The molecule has 0 fully saturated rings. The van der Waals surface area contributed by atoms with Gasteiger partial charge in [0.2, 0.25) is 0 Å². The van der Waals surface area contributed by atoms with Crippen molar-refractivity contribution in [3.8, 4) is 0 Å². The van der Waals surface area contributed by atoms with Crippen molar-refractivity contribution < 1.29 is 9.53 Å². The van der Waals surface area contributed by atoms with Crippen molar-refractivity contribution in [2.75, 3.05) is 17.7 Å². The second-order valence-electron chi connectivity index (χ2n) is 5.18. The predicted octanol–water partition coefficient (Wildman–Crippen LogP) is 3.09. The summed E-state index contributed by atoms with van der Waals surface area (Å²) in [6.45, 7) is 9.30. The van der Waals surface area contributed by atoms with Gasteiger partial charge in [0.15, 0.2) is 5.82 Å². The molecule has 1 heterocycles. The first kappa shape index (κ1) is 14.3. The van der Waals surface area contributed by atoms with Gasteiger partial charge in [0.25, 0.3) is 0 Å². The molecule has 0 aliphatic heterocycles. The highest BCUT2D eigenvalue weighted by Crippen LogP contribution is 2.24. The molecule has 1 aromatic heterocycles. The van der Waals surface area contributed by atoms with E-state index in [0.29, 0.717) is 5.82 Å². The first-order valence-electron chi connectivity index (χ1n) is 5.89. The largest absolute Gasteiger partial charge is 0.444 e. The second kappa shape index (κ2) is 5.25. The minimum Gasteiger partial charge on any atom is -0.444 e. The number of aromatic nitrogens is 1. The molecule has 0 unspecified atom stereocenters. The number of ether oxygens (including phenoxy) is 1. The highest BCUT2D eigenvalue weighted by Gasteiger charge is 2.18. The number of carbonyl (C=O) groups excluding carboxylic acids is 1. The van der Waals surface area contributed by atoms with Gasteiger partial charge in [-0.25, -0.2) is 9.78 Å². The van der Waals surface area contributed by atoms with E-state index in [-0.39, 0.29) is 0 Å². The SMILES string of the molecule is CNc1c(C)cc(C)nc1NC(=O)OC(C)(C)C. The quantitative estimate of drug-likeness (QED) is 0.847. The average Bonchev–Trinajstić information content (AvgIpc) is 2.13. The molecule has 2 N–H and O–H groups in total. The van der Waals surface area contributed by atoms with Crippen LogP contribution in [-0.2, 0) is 4.74 Å². The Morgan fingerprint density at radius 3 is 2.44 bits per heavy atom. The fraction of sp³-hybridized carbons (Fsp3) is 0.538. The van der Waals surface area contributed by atoms with Crippen LogP contribution in [-0.4, -0.2) is 23.7 Å². The molecule has 0 radical (unpaired) electrons. The van der Waals surface area contributed by atoms with Crippen LogP contribution in [0.4, 0.5) is 16.3 Å². The summed E-state index contributed by atoms with van der Waals surface area (Å²) in [5, 5.41) is 5.69. The van der Waals surface area contributed by atoms with Gasteiger partial charge in [0.1, 0.15) is 5.60 Å². The zero-order chi connectivity index (χ0) is 13.9. The predicted molar refractivity (Wildman–Crippen MR) is 73.1 cm³/mol. The monoisotopic (exact) mass is 251 g/mol. The van der Waals surface area contributed by atoms with Crippen LogP contribution in [0.1, 0.15) is 32.0 Å². The lowest BCUT2D eigenvalue weighted by atomic mass is 10.2. The Hall–Kier alpha value is -1.78. The van der Waals surface area contributed by atoms with E-state index < -0.39 is 11.7 Å². The van der Waals surface area contributed by atoms with E-state index >= 15 is 0 Å². The molecule has 0 saturated carbocycles. The molecule has 0 atom stereocenters. The van der Waals surface area contributed by atoms with Gasteiger partial charge in [-0.1, -0.05) is 0 Å². The fourth-order valence-corrected chi connectivity index (χ4v) is 1.64. The van der Waals surface area contributed by atoms with Crippen LogP contribution in [0, 0.1) is 13.8 Å². The van der Waals surface area contributed by atoms with E-state index in [1.807, 2.05) is 40.7 Å². The highest BCUT2D eigenvalue weighted by molar-refractivity contribution is 5.88. The molecule has 1 rings (SSSR count). The molecule has 1 amide bonds. The molecule has 100 valence electrons. The number of hydrogen-bond donors (Lipinski definition) is 2. The first-order valence-corrected chi connectivity index (χ1v) is 5.89. The Labute approximate surface area is 108 Å². The van der Waals surface area contributed by atoms with Crippen molar-refractivity contribution in [2.45, 2.75) is 40.2 Å². The molecule has 18 heavy (non-hydrogen) atoms. The topological polar surface area (TPSA) is 63.2 Å². The van der Waals surface area contributed by atoms with Gasteiger partial charge in [-0.2, -0.15) is 0 Å². The maximum absolute atomic E-state index is 11.7. The van der Waals surface area contributed by atoms with Crippen molar-refractivity contribution in [3.63, 3.8) is 0 Å². The molecule has 5 heteroatoms. The van der Waals surface area contributed by atoms with Crippen LogP contribution >= 0.6 is 0 Å². The third-order valence-corrected chi connectivity index (χ3v) is 2.21. The normalized spacial score (nSPS) is 11.0. The molecular formula is C13H21N3O2. The van der Waals surface area contributed by atoms with E-state index in [4.69, 9.17) is 4.74 Å². The number of carbonyl (C=O) groups is 1.